The number of aromatic carboxylic acids is 1. The third-order valence-corrected chi connectivity index (χ3v) is 3.19. The monoisotopic (exact) mass is 277 g/mol. The maximum atomic E-state index is 12.4. The number of furan rings is 1. The van der Waals surface area contributed by atoms with Gasteiger partial charge in [-0.05, 0) is 25.0 Å². The van der Waals surface area contributed by atoms with Crippen LogP contribution >= 0.6 is 0 Å². The minimum atomic E-state index is -4.97. The number of alkyl halides is 3. The Kier molecular flexibility index (Phi) is 2.83. The van der Waals surface area contributed by atoms with Gasteiger partial charge in [0.05, 0.1) is 0 Å². The maximum absolute atomic E-state index is 12.4. The van der Waals surface area contributed by atoms with E-state index in [0.29, 0.717) is 17.7 Å². The molecule has 1 aliphatic rings. The molecule has 1 saturated carbocycles. The Labute approximate surface area is 105 Å². The van der Waals surface area contributed by atoms with Gasteiger partial charge < -0.3 is 14.4 Å². The van der Waals surface area contributed by atoms with Crippen molar-refractivity contribution in [3.8, 4) is 0 Å². The van der Waals surface area contributed by atoms with Gasteiger partial charge in [0.1, 0.15) is 11.3 Å². The molecule has 5 nitrogen and oxygen atoms in total. The SMILES string of the molecule is CN(C(=O)C(F)(F)F)C1(c2ccc(C(=O)O)o2)CC1. The van der Waals surface area contributed by atoms with E-state index >= 15 is 0 Å². The zero-order valence-electron chi connectivity index (χ0n) is 9.82. The second-order valence-corrected chi connectivity index (χ2v) is 4.36. The number of amides is 1. The van der Waals surface area contributed by atoms with E-state index in [4.69, 9.17) is 9.52 Å². The van der Waals surface area contributed by atoms with Crippen molar-refractivity contribution in [1.29, 1.82) is 0 Å². The maximum Gasteiger partial charge on any atom is 0.471 e. The van der Waals surface area contributed by atoms with Crippen LogP contribution < -0.4 is 0 Å². The third-order valence-electron chi connectivity index (χ3n) is 3.19. The largest absolute Gasteiger partial charge is 0.475 e. The van der Waals surface area contributed by atoms with Crippen LogP contribution in [0.3, 0.4) is 0 Å². The average Bonchev–Trinajstić information content (AvgIpc) is 2.96. The van der Waals surface area contributed by atoms with Crippen LogP contribution in [0.1, 0.15) is 29.2 Å². The zero-order valence-corrected chi connectivity index (χ0v) is 9.82. The number of nitrogens with zero attached hydrogens (tertiary/aromatic N) is 1. The van der Waals surface area contributed by atoms with E-state index in [9.17, 15) is 22.8 Å². The van der Waals surface area contributed by atoms with Crippen molar-refractivity contribution in [2.45, 2.75) is 24.6 Å². The molecule has 1 aliphatic carbocycles. The topological polar surface area (TPSA) is 70.8 Å². The lowest BCUT2D eigenvalue weighted by molar-refractivity contribution is -0.187. The van der Waals surface area contributed by atoms with Crippen molar-refractivity contribution in [2.75, 3.05) is 7.05 Å². The van der Waals surface area contributed by atoms with Crippen LogP contribution in [-0.2, 0) is 10.3 Å². The molecule has 1 heterocycles. The number of halogens is 3. The van der Waals surface area contributed by atoms with Crippen LogP contribution in [0.5, 0.6) is 0 Å². The predicted octanol–water partition coefficient (Wildman–Crippen LogP) is 1.99. The van der Waals surface area contributed by atoms with Crippen LogP contribution in [0.4, 0.5) is 13.2 Å². The zero-order chi connectivity index (χ0) is 14.4. The van der Waals surface area contributed by atoms with E-state index in [0.717, 1.165) is 13.1 Å². The number of carboxylic acid groups (broad SMARTS) is 1. The number of rotatable bonds is 3. The van der Waals surface area contributed by atoms with Crippen molar-refractivity contribution in [3.05, 3.63) is 23.7 Å². The minimum Gasteiger partial charge on any atom is -0.475 e. The second-order valence-electron chi connectivity index (χ2n) is 4.36. The minimum absolute atomic E-state index is 0.0602. The van der Waals surface area contributed by atoms with Gasteiger partial charge in [-0.25, -0.2) is 4.79 Å². The molecule has 0 radical (unpaired) electrons. The standard InChI is InChI=1S/C11H10F3NO4/c1-15(9(18)11(12,13)14)10(4-5-10)7-3-2-6(19-7)8(16)17/h2-3H,4-5H2,1H3,(H,16,17). The lowest BCUT2D eigenvalue weighted by atomic mass is 10.1. The Bertz CT molecular complexity index is 530. The molecular weight excluding hydrogens is 267 g/mol. The Morgan fingerprint density at radius 1 is 1.37 bits per heavy atom. The van der Waals surface area contributed by atoms with Crippen LogP contribution in [0.15, 0.2) is 16.5 Å². The van der Waals surface area contributed by atoms with Crippen molar-refractivity contribution in [2.24, 2.45) is 0 Å². The van der Waals surface area contributed by atoms with Gasteiger partial charge >= 0.3 is 18.1 Å². The average molecular weight is 277 g/mol. The van der Waals surface area contributed by atoms with E-state index in [1.54, 1.807) is 0 Å². The fourth-order valence-electron chi connectivity index (χ4n) is 1.95. The number of carboxylic acids is 1. The molecule has 0 spiro atoms. The number of carbonyl (C=O) groups excluding carboxylic acids is 1. The Balaban J connectivity index is 2.27. The first-order valence-electron chi connectivity index (χ1n) is 5.37. The van der Waals surface area contributed by atoms with Gasteiger partial charge in [-0.1, -0.05) is 0 Å². The van der Waals surface area contributed by atoms with E-state index in [1.165, 1.54) is 6.07 Å². The van der Waals surface area contributed by atoms with Gasteiger partial charge in [-0.2, -0.15) is 13.2 Å². The number of hydrogen-bond donors (Lipinski definition) is 1. The fraction of sp³-hybridized carbons (Fsp3) is 0.455. The lowest BCUT2D eigenvalue weighted by Crippen LogP contribution is -2.44. The van der Waals surface area contributed by atoms with Crippen molar-refractivity contribution >= 4 is 11.9 Å². The first kappa shape index (κ1) is 13.4. The van der Waals surface area contributed by atoms with E-state index in [1.807, 2.05) is 0 Å². The third kappa shape index (κ3) is 2.18. The molecule has 2 rings (SSSR count). The summed E-state index contributed by atoms with van der Waals surface area (Å²) in [6.07, 6.45) is -4.36. The van der Waals surface area contributed by atoms with Crippen LogP contribution in [-0.4, -0.2) is 35.1 Å². The van der Waals surface area contributed by atoms with Gasteiger partial charge in [-0.3, -0.25) is 4.79 Å². The van der Waals surface area contributed by atoms with Gasteiger partial charge in [0.25, 0.3) is 0 Å². The molecule has 0 unspecified atom stereocenters. The van der Waals surface area contributed by atoms with E-state index in [-0.39, 0.29) is 11.5 Å². The van der Waals surface area contributed by atoms with E-state index in [2.05, 4.69) is 0 Å². The molecule has 1 fully saturated rings. The highest BCUT2D eigenvalue weighted by molar-refractivity contribution is 5.85. The first-order chi connectivity index (χ1) is 8.68. The summed E-state index contributed by atoms with van der Waals surface area (Å²) in [4.78, 5) is 22.4. The second kappa shape index (κ2) is 4.01. The number of carbonyl (C=O) groups is 2. The van der Waals surface area contributed by atoms with Crippen molar-refractivity contribution in [1.82, 2.24) is 4.90 Å². The Morgan fingerprint density at radius 2 is 1.95 bits per heavy atom. The summed E-state index contributed by atoms with van der Waals surface area (Å²) in [5.41, 5.74) is -1.18. The summed E-state index contributed by atoms with van der Waals surface area (Å²) in [7, 11) is 1.03. The molecule has 0 bridgehead atoms. The first-order valence-corrected chi connectivity index (χ1v) is 5.37. The highest BCUT2D eigenvalue weighted by Gasteiger charge is 2.57. The van der Waals surface area contributed by atoms with Crippen LogP contribution in [0.2, 0.25) is 0 Å². The van der Waals surface area contributed by atoms with Crippen LogP contribution in [0.25, 0.3) is 0 Å². The van der Waals surface area contributed by atoms with Crippen LogP contribution in [0, 0.1) is 0 Å². The highest BCUT2D eigenvalue weighted by Crippen LogP contribution is 2.51. The quantitative estimate of drug-likeness (QED) is 0.917. The molecule has 0 atom stereocenters. The molecule has 1 aromatic heterocycles. The Morgan fingerprint density at radius 3 is 2.32 bits per heavy atom. The molecule has 104 valence electrons. The van der Waals surface area contributed by atoms with Gasteiger partial charge in [0, 0.05) is 7.05 Å². The fourth-order valence-corrected chi connectivity index (χ4v) is 1.95. The summed E-state index contributed by atoms with van der Waals surface area (Å²) in [5.74, 6) is -3.59. The van der Waals surface area contributed by atoms with E-state index < -0.39 is 23.6 Å². The number of hydrogen-bond acceptors (Lipinski definition) is 3. The summed E-state index contributed by atoms with van der Waals surface area (Å²) in [5, 5.41) is 8.71. The molecule has 0 saturated heterocycles. The molecule has 1 aromatic rings. The van der Waals surface area contributed by atoms with Crippen molar-refractivity contribution in [3.63, 3.8) is 0 Å². The van der Waals surface area contributed by atoms with Gasteiger partial charge in [0.15, 0.2) is 0 Å². The summed E-state index contributed by atoms with van der Waals surface area (Å²) in [6, 6.07) is 2.44. The molecule has 8 heteroatoms. The Hall–Kier alpha value is -1.99. The summed E-state index contributed by atoms with van der Waals surface area (Å²) >= 11 is 0. The summed E-state index contributed by atoms with van der Waals surface area (Å²) < 4.78 is 42.2. The normalized spacial score (nSPS) is 17.1. The lowest BCUT2D eigenvalue weighted by Gasteiger charge is -2.27. The molecule has 1 N–H and O–H groups in total. The van der Waals surface area contributed by atoms with Crippen molar-refractivity contribution < 1.29 is 32.3 Å². The highest BCUT2D eigenvalue weighted by atomic mass is 19.4. The molecule has 1 amide bonds. The van der Waals surface area contributed by atoms with Gasteiger partial charge in [-0.15, -0.1) is 0 Å². The molecule has 19 heavy (non-hydrogen) atoms. The predicted molar refractivity (Wildman–Crippen MR) is 55.4 cm³/mol. The smallest absolute Gasteiger partial charge is 0.471 e. The molecule has 0 aliphatic heterocycles. The molecule has 0 aromatic carbocycles. The van der Waals surface area contributed by atoms with Gasteiger partial charge in [0.2, 0.25) is 5.76 Å². The summed E-state index contributed by atoms with van der Waals surface area (Å²) in [6.45, 7) is 0. The molecular formula is C11H10F3NO4.